The molecule has 8 rings (SSSR count). The Labute approximate surface area is 237 Å². The zero-order chi connectivity index (χ0) is 27.5. The lowest BCUT2D eigenvalue weighted by Gasteiger charge is -2.17. The van der Waals surface area contributed by atoms with Gasteiger partial charge in [-0.05, 0) is 87.6 Å². The standard InChI is InChI=1S/C38H25BO2/c40-39(41)38-34-15-7-5-13-32(34)37(33-14-6-8-16-35(33)38)25-19-17-24(18-20-25)26-21-22-31-29-11-2-1-9-27(29)28-10-3-4-12-30(28)36(31)23-26/h1-23,40-41H. The van der Waals surface area contributed by atoms with Gasteiger partial charge in [0.15, 0.2) is 0 Å². The van der Waals surface area contributed by atoms with Crippen molar-refractivity contribution < 1.29 is 10.0 Å². The molecule has 0 saturated carbocycles. The molecular formula is C38H25BO2. The molecule has 2 nitrogen and oxygen atoms in total. The van der Waals surface area contributed by atoms with Gasteiger partial charge in [0.1, 0.15) is 0 Å². The fraction of sp³-hybridized carbons (Fsp3) is 0. The van der Waals surface area contributed by atoms with E-state index in [9.17, 15) is 10.0 Å². The van der Waals surface area contributed by atoms with Gasteiger partial charge in [-0.15, -0.1) is 0 Å². The van der Waals surface area contributed by atoms with E-state index >= 15 is 0 Å². The molecule has 0 aliphatic rings. The van der Waals surface area contributed by atoms with E-state index in [4.69, 9.17) is 0 Å². The first-order valence-corrected chi connectivity index (χ1v) is 13.9. The van der Waals surface area contributed by atoms with Crippen molar-refractivity contribution in [3.05, 3.63) is 140 Å². The molecule has 0 saturated heterocycles. The Hall–Kier alpha value is -4.96. The topological polar surface area (TPSA) is 40.5 Å². The molecule has 0 unspecified atom stereocenters. The Morgan fingerprint density at radius 3 is 1.17 bits per heavy atom. The summed E-state index contributed by atoms with van der Waals surface area (Å²) in [5.41, 5.74) is 5.08. The smallest absolute Gasteiger partial charge is 0.423 e. The summed E-state index contributed by atoms with van der Waals surface area (Å²) in [7, 11) is -1.55. The van der Waals surface area contributed by atoms with Crippen LogP contribution in [0.1, 0.15) is 0 Å². The van der Waals surface area contributed by atoms with Crippen molar-refractivity contribution >= 4 is 66.4 Å². The molecule has 8 aromatic carbocycles. The quantitative estimate of drug-likeness (QED) is 0.138. The molecule has 0 spiro atoms. The predicted molar refractivity (Wildman–Crippen MR) is 175 cm³/mol. The number of benzene rings is 8. The van der Waals surface area contributed by atoms with Gasteiger partial charge in [0.25, 0.3) is 0 Å². The van der Waals surface area contributed by atoms with Crippen LogP contribution in [0.5, 0.6) is 0 Å². The van der Waals surface area contributed by atoms with E-state index in [0.717, 1.165) is 38.2 Å². The molecule has 3 heteroatoms. The van der Waals surface area contributed by atoms with Crippen LogP contribution in [0.3, 0.4) is 0 Å². The molecule has 0 bridgehead atoms. The van der Waals surface area contributed by atoms with E-state index in [1.54, 1.807) is 0 Å². The molecule has 8 aromatic rings. The van der Waals surface area contributed by atoms with Crippen molar-refractivity contribution in [2.75, 3.05) is 0 Å². The van der Waals surface area contributed by atoms with Gasteiger partial charge in [-0.3, -0.25) is 0 Å². The van der Waals surface area contributed by atoms with E-state index in [0.29, 0.717) is 5.46 Å². The van der Waals surface area contributed by atoms with Crippen molar-refractivity contribution in [3.63, 3.8) is 0 Å². The van der Waals surface area contributed by atoms with Gasteiger partial charge < -0.3 is 10.0 Å². The normalized spacial score (nSPS) is 11.7. The van der Waals surface area contributed by atoms with Crippen LogP contribution in [-0.4, -0.2) is 17.2 Å². The van der Waals surface area contributed by atoms with Gasteiger partial charge in [0.2, 0.25) is 0 Å². The molecule has 0 aromatic heterocycles. The highest BCUT2D eigenvalue weighted by molar-refractivity contribution is 6.66. The maximum absolute atomic E-state index is 10.3. The molecule has 41 heavy (non-hydrogen) atoms. The molecule has 0 aliphatic heterocycles. The first kappa shape index (κ1) is 23.9. The fourth-order valence-corrected chi connectivity index (χ4v) is 6.67. The summed E-state index contributed by atoms with van der Waals surface area (Å²) in [6.45, 7) is 0. The van der Waals surface area contributed by atoms with Gasteiger partial charge in [0, 0.05) is 0 Å². The second kappa shape index (κ2) is 9.31. The lowest BCUT2D eigenvalue weighted by Crippen LogP contribution is -2.31. The first-order chi connectivity index (χ1) is 20.2. The zero-order valence-electron chi connectivity index (χ0n) is 22.3. The minimum Gasteiger partial charge on any atom is -0.423 e. The van der Waals surface area contributed by atoms with E-state index < -0.39 is 7.12 Å². The fourth-order valence-electron chi connectivity index (χ4n) is 6.67. The average molecular weight is 524 g/mol. The average Bonchev–Trinajstić information content (AvgIpc) is 3.03. The summed E-state index contributed by atoms with van der Waals surface area (Å²) < 4.78 is 0. The van der Waals surface area contributed by atoms with Gasteiger partial charge in [0.05, 0.1) is 0 Å². The Morgan fingerprint density at radius 2 is 0.683 bits per heavy atom. The Kier molecular flexibility index (Phi) is 5.43. The molecular weight excluding hydrogens is 499 g/mol. The Morgan fingerprint density at radius 1 is 0.317 bits per heavy atom. The number of hydrogen-bond donors (Lipinski definition) is 2. The second-order valence-electron chi connectivity index (χ2n) is 10.7. The van der Waals surface area contributed by atoms with Crippen molar-refractivity contribution in [2.45, 2.75) is 0 Å². The molecule has 0 fully saturated rings. The lowest BCUT2D eigenvalue weighted by atomic mass is 9.72. The lowest BCUT2D eigenvalue weighted by molar-refractivity contribution is 0.426. The first-order valence-electron chi connectivity index (χ1n) is 13.9. The zero-order valence-corrected chi connectivity index (χ0v) is 22.3. The van der Waals surface area contributed by atoms with Crippen LogP contribution < -0.4 is 5.46 Å². The Bertz CT molecular complexity index is 2190. The van der Waals surface area contributed by atoms with Crippen molar-refractivity contribution in [2.24, 2.45) is 0 Å². The Balaban J connectivity index is 1.32. The van der Waals surface area contributed by atoms with Crippen LogP contribution in [0, 0.1) is 0 Å². The van der Waals surface area contributed by atoms with Crippen molar-refractivity contribution in [3.8, 4) is 22.3 Å². The van der Waals surface area contributed by atoms with E-state index in [1.165, 1.54) is 37.9 Å². The van der Waals surface area contributed by atoms with E-state index in [1.807, 2.05) is 36.4 Å². The summed E-state index contributed by atoms with van der Waals surface area (Å²) in [6, 6.07) is 48.9. The van der Waals surface area contributed by atoms with Crippen molar-refractivity contribution in [1.29, 1.82) is 0 Å². The van der Waals surface area contributed by atoms with Crippen molar-refractivity contribution in [1.82, 2.24) is 0 Å². The molecule has 0 atom stereocenters. The highest BCUT2D eigenvalue weighted by Crippen LogP contribution is 2.39. The SMILES string of the molecule is OB(O)c1c2ccccc2c(-c2ccc(-c3ccc4c5ccccc5c5ccccc5c4c3)cc2)c2ccccc12. The van der Waals surface area contributed by atoms with E-state index in [-0.39, 0.29) is 0 Å². The van der Waals surface area contributed by atoms with Gasteiger partial charge in [-0.1, -0.05) is 133 Å². The van der Waals surface area contributed by atoms with Crippen LogP contribution in [0.15, 0.2) is 140 Å². The van der Waals surface area contributed by atoms with Gasteiger partial charge >= 0.3 is 7.12 Å². The summed E-state index contributed by atoms with van der Waals surface area (Å²) in [5, 5.41) is 32.0. The summed E-state index contributed by atoms with van der Waals surface area (Å²) >= 11 is 0. The third-order valence-electron chi connectivity index (χ3n) is 8.48. The molecule has 0 amide bonds. The minimum absolute atomic E-state index is 0.549. The summed E-state index contributed by atoms with van der Waals surface area (Å²) in [6.07, 6.45) is 0. The number of hydrogen-bond acceptors (Lipinski definition) is 2. The predicted octanol–water partition coefficient (Wildman–Crippen LogP) is 8.47. The molecule has 0 heterocycles. The molecule has 0 radical (unpaired) electrons. The van der Waals surface area contributed by atoms with Crippen LogP contribution in [0.4, 0.5) is 0 Å². The molecule has 192 valence electrons. The second-order valence-corrected chi connectivity index (χ2v) is 10.7. The summed E-state index contributed by atoms with van der Waals surface area (Å²) in [5.74, 6) is 0. The highest BCUT2D eigenvalue weighted by atomic mass is 16.4. The molecule has 2 N–H and O–H groups in total. The molecule has 0 aliphatic carbocycles. The van der Waals surface area contributed by atoms with Crippen LogP contribution in [0.2, 0.25) is 0 Å². The minimum atomic E-state index is -1.55. The van der Waals surface area contributed by atoms with Gasteiger partial charge in [-0.25, -0.2) is 0 Å². The maximum Gasteiger partial charge on any atom is 0.489 e. The third kappa shape index (κ3) is 3.67. The maximum atomic E-state index is 10.3. The largest absolute Gasteiger partial charge is 0.489 e. The van der Waals surface area contributed by atoms with Crippen LogP contribution >= 0.6 is 0 Å². The monoisotopic (exact) mass is 524 g/mol. The number of rotatable bonds is 3. The van der Waals surface area contributed by atoms with Crippen LogP contribution in [-0.2, 0) is 0 Å². The summed E-state index contributed by atoms with van der Waals surface area (Å²) in [4.78, 5) is 0. The van der Waals surface area contributed by atoms with Gasteiger partial charge in [-0.2, -0.15) is 0 Å². The van der Waals surface area contributed by atoms with E-state index in [2.05, 4.69) is 103 Å². The third-order valence-corrected chi connectivity index (χ3v) is 8.48. The highest BCUT2D eigenvalue weighted by Gasteiger charge is 2.22. The van der Waals surface area contributed by atoms with Crippen LogP contribution in [0.25, 0.3) is 76.1 Å². The number of fused-ring (bicyclic) bond motifs is 8.